The maximum atomic E-state index is 12.2. The summed E-state index contributed by atoms with van der Waals surface area (Å²) in [6.07, 6.45) is 3.18. The van der Waals surface area contributed by atoms with Crippen LogP contribution in [0, 0.1) is 0 Å². The second kappa shape index (κ2) is 8.58. The van der Waals surface area contributed by atoms with Gasteiger partial charge in [0, 0.05) is 6.54 Å². The summed E-state index contributed by atoms with van der Waals surface area (Å²) in [5.74, 6) is -0.648. The summed E-state index contributed by atoms with van der Waals surface area (Å²) in [5, 5.41) is 8.60. The molecule has 2 aromatic rings. The van der Waals surface area contributed by atoms with E-state index in [1.54, 1.807) is 42.5 Å². The van der Waals surface area contributed by atoms with Crippen LogP contribution >= 0.6 is 11.8 Å². The van der Waals surface area contributed by atoms with Gasteiger partial charge in [0.25, 0.3) is 11.1 Å². The lowest BCUT2D eigenvalue weighted by Crippen LogP contribution is -2.27. The number of carboxylic acids is 1. The molecular weight excluding hydrogens is 378 g/mol. The van der Waals surface area contributed by atoms with Crippen LogP contribution in [0.1, 0.15) is 21.5 Å². The number of carbonyl (C=O) groups is 3. The van der Waals surface area contributed by atoms with Crippen LogP contribution in [-0.4, -0.2) is 33.7 Å². The van der Waals surface area contributed by atoms with E-state index in [0.29, 0.717) is 17.3 Å². The van der Waals surface area contributed by atoms with Gasteiger partial charge < -0.3 is 9.84 Å². The molecule has 1 saturated heterocycles. The van der Waals surface area contributed by atoms with Gasteiger partial charge in [-0.3, -0.25) is 14.5 Å². The molecule has 142 valence electrons. The molecule has 0 radical (unpaired) electrons. The first-order valence-corrected chi connectivity index (χ1v) is 9.21. The zero-order chi connectivity index (χ0) is 20.1. The third-order valence-electron chi connectivity index (χ3n) is 3.97. The number of imide groups is 1. The smallest absolute Gasteiger partial charge is 0.335 e. The fourth-order valence-electron chi connectivity index (χ4n) is 2.51. The summed E-state index contributed by atoms with van der Waals surface area (Å²) < 4.78 is 5.69. The molecule has 0 spiro atoms. The maximum Gasteiger partial charge on any atom is 0.335 e. The van der Waals surface area contributed by atoms with Crippen LogP contribution in [0.25, 0.3) is 6.08 Å². The summed E-state index contributed by atoms with van der Waals surface area (Å²) in [6, 6.07) is 13.6. The van der Waals surface area contributed by atoms with Gasteiger partial charge in [-0.15, -0.1) is 6.58 Å². The summed E-state index contributed by atoms with van der Waals surface area (Å²) >= 11 is 0.909. The van der Waals surface area contributed by atoms with Crippen molar-refractivity contribution < 1.29 is 24.2 Å². The lowest BCUT2D eigenvalue weighted by atomic mass is 10.1. The number of ether oxygens (including phenoxy) is 1. The van der Waals surface area contributed by atoms with E-state index < -0.39 is 5.97 Å². The quantitative estimate of drug-likeness (QED) is 0.559. The van der Waals surface area contributed by atoms with E-state index in [4.69, 9.17) is 9.84 Å². The van der Waals surface area contributed by atoms with Crippen LogP contribution in [0.3, 0.4) is 0 Å². The topological polar surface area (TPSA) is 83.9 Å². The Labute approximate surface area is 166 Å². The van der Waals surface area contributed by atoms with E-state index >= 15 is 0 Å². The Balaban J connectivity index is 1.62. The number of carbonyl (C=O) groups excluding carboxylic acids is 2. The molecular formula is C21H17NO5S. The molecule has 0 aromatic heterocycles. The van der Waals surface area contributed by atoms with Crippen LogP contribution in [-0.2, 0) is 11.4 Å². The van der Waals surface area contributed by atoms with Crippen LogP contribution in [0.2, 0.25) is 0 Å². The Hall–Kier alpha value is -3.32. The van der Waals surface area contributed by atoms with Crippen molar-refractivity contribution >= 4 is 35.0 Å². The van der Waals surface area contributed by atoms with Crippen molar-refractivity contribution in [3.63, 3.8) is 0 Å². The van der Waals surface area contributed by atoms with E-state index in [9.17, 15) is 14.4 Å². The van der Waals surface area contributed by atoms with Crippen LogP contribution < -0.4 is 4.74 Å². The van der Waals surface area contributed by atoms with Crippen molar-refractivity contribution in [2.24, 2.45) is 0 Å². The van der Waals surface area contributed by atoms with E-state index in [1.165, 1.54) is 18.2 Å². The number of nitrogens with zero attached hydrogens (tertiary/aromatic N) is 1. The maximum absolute atomic E-state index is 12.2. The minimum absolute atomic E-state index is 0.197. The molecule has 0 bridgehead atoms. The fourth-order valence-corrected chi connectivity index (χ4v) is 3.36. The van der Waals surface area contributed by atoms with Crippen molar-refractivity contribution in [3.05, 3.63) is 82.8 Å². The highest BCUT2D eigenvalue weighted by Gasteiger charge is 2.33. The van der Waals surface area contributed by atoms with Gasteiger partial charge >= 0.3 is 5.97 Å². The Bertz CT molecular complexity index is 948. The highest BCUT2D eigenvalue weighted by atomic mass is 32.2. The highest BCUT2D eigenvalue weighted by Crippen LogP contribution is 2.32. The average molecular weight is 395 g/mol. The van der Waals surface area contributed by atoms with Gasteiger partial charge in [-0.1, -0.05) is 30.3 Å². The number of carboxylic acid groups (broad SMARTS) is 1. The van der Waals surface area contributed by atoms with Crippen molar-refractivity contribution in [1.82, 2.24) is 4.90 Å². The molecule has 1 fully saturated rings. The van der Waals surface area contributed by atoms with Crippen molar-refractivity contribution in [1.29, 1.82) is 0 Å². The summed E-state index contributed by atoms with van der Waals surface area (Å²) in [7, 11) is 0. The molecule has 0 aliphatic carbocycles. The number of aromatic carboxylic acids is 1. The Morgan fingerprint density at radius 3 is 2.39 bits per heavy atom. The predicted molar refractivity (Wildman–Crippen MR) is 107 cm³/mol. The highest BCUT2D eigenvalue weighted by molar-refractivity contribution is 8.18. The molecule has 28 heavy (non-hydrogen) atoms. The first kappa shape index (κ1) is 19.4. The number of benzene rings is 2. The van der Waals surface area contributed by atoms with Gasteiger partial charge in [0.1, 0.15) is 12.4 Å². The Kier molecular flexibility index (Phi) is 5.96. The minimum atomic E-state index is -0.967. The molecule has 2 amide bonds. The number of rotatable bonds is 7. The number of amides is 2. The van der Waals surface area contributed by atoms with Gasteiger partial charge in [0.15, 0.2) is 0 Å². The zero-order valence-electron chi connectivity index (χ0n) is 14.8. The van der Waals surface area contributed by atoms with Gasteiger partial charge in [0.2, 0.25) is 0 Å². The van der Waals surface area contributed by atoms with Crippen molar-refractivity contribution in [2.45, 2.75) is 6.61 Å². The molecule has 0 unspecified atom stereocenters. The lowest BCUT2D eigenvalue weighted by Gasteiger charge is -2.08. The monoisotopic (exact) mass is 395 g/mol. The Morgan fingerprint density at radius 1 is 1.11 bits per heavy atom. The molecule has 0 atom stereocenters. The average Bonchev–Trinajstić information content (AvgIpc) is 2.95. The first-order chi connectivity index (χ1) is 13.5. The van der Waals surface area contributed by atoms with Crippen LogP contribution in [0.5, 0.6) is 5.75 Å². The summed E-state index contributed by atoms with van der Waals surface area (Å²) in [4.78, 5) is 36.4. The largest absolute Gasteiger partial charge is 0.489 e. The Morgan fingerprint density at radius 2 is 1.79 bits per heavy atom. The predicted octanol–water partition coefficient (Wildman–Crippen LogP) is 4.19. The molecule has 6 nitrogen and oxygen atoms in total. The van der Waals surface area contributed by atoms with Crippen molar-refractivity contribution in [2.75, 3.05) is 6.54 Å². The summed E-state index contributed by atoms with van der Waals surface area (Å²) in [6.45, 7) is 4.05. The van der Waals surface area contributed by atoms with Crippen molar-refractivity contribution in [3.8, 4) is 5.75 Å². The fraction of sp³-hybridized carbons (Fsp3) is 0.0952. The number of hydrogen-bond acceptors (Lipinski definition) is 5. The molecule has 1 aliphatic heterocycles. The van der Waals surface area contributed by atoms with Gasteiger partial charge in [0.05, 0.1) is 10.5 Å². The third-order valence-corrected chi connectivity index (χ3v) is 4.88. The van der Waals surface area contributed by atoms with Gasteiger partial charge in [-0.05, 0) is 53.2 Å². The molecule has 1 aliphatic rings. The molecule has 3 rings (SSSR count). The molecule has 1 heterocycles. The third kappa shape index (κ3) is 4.50. The molecule has 7 heteroatoms. The minimum Gasteiger partial charge on any atom is -0.489 e. The molecule has 1 N–H and O–H groups in total. The number of hydrogen-bond donors (Lipinski definition) is 1. The second-order valence-electron chi connectivity index (χ2n) is 5.94. The zero-order valence-corrected chi connectivity index (χ0v) is 15.6. The summed E-state index contributed by atoms with van der Waals surface area (Å²) in [5.41, 5.74) is 1.86. The SMILES string of the molecule is C=CCN1C(=O)S/C(=C\c2ccc(OCc3ccc(C(=O)O)cc3)cc2)C1=O. The van der Waals surface area contributed by atoms with E-state index in [0.717, 1.165) is 27.8 Å². The van der Waals surface area contributed by atoms with E-state index in [2.05, 4.69) is 6.58 Å². The van der Waals surface area contributed by atoms with Gasteiger partial charge in [-0.25, -0.2) is 4.79 Å². The van der Waals surface area contributed by atoms with Crippen LogP contribution in [0.15, 0.2) is 66.1 Å². The second-order valence-corrected chi connectivity index (χ2v) is 6.93. The van der Waals surface area contributed by atoms with Gasteiger partial charge in [-0.2, -0.15) is 0 Å². The first-order valence-electron chi connectivity index (χ1n) is 8.39. The van der Waals surface area contributed by atoms with Crippen LogP contribution in [0.4, 0.5) is 4.79 Å². The standard InChI is InChI=1S/C21H17NO5S/c1-2-11-22-19(23)18(28-21(22)26)12-14-5-9-17(10-6-14)27-13-15-3-7-16(8-4-15)20(24)25/h2-10,12H,1,11,13H2,(H,24,25)/b18-12-. The van der Waals surface area contributed by atoms with E-state index in [-0.39, 0.29) is 23.3 Å². The normalized spacial score (nSPS) is 15.1. The lowest BCUT2D eigenvalue weighted by molar-refractivity contribution is -0.122. The van der Waals surface area contributed by atoms with E-state index in [1.807, 2.05) is 0 Å². The molecule has 0 saturated carbocycles. The number of thioether (sulfide) groups is 1. The molecule has 2 aromatic carbocycles.